The second-order valence-corrected chi connectivity index (χ2v) is 21.3. The van der Waals surface area contributed by atoms with Gasteiger partial charge in [-0.3, -0.25) is 14.4 Å². The molecule has 6 nitrogen and oxygen atoms in total. The maximum absolute atomic E-state index is 12.9. The van der Waals surface area contributed by atoms with E-state index in [-0.39, 0.29) is 31.1 Å². The molecular weight excluding hydrogens is 997 g/mol. The van der Waals surface area contributed by atoms with Crippen molar-refractivity contribution in [1.82, 2.24) is 0 Å². The van der Waals surface area contributed by atoms with Gasteiger partial charge in [-0.25, -0.2) is 0 Å². The molecule has 0 spiro atoms. The minimum absolute atomic E-state index is 0.107. The van der Waals surface area contributed by atoms with E-state index in [0.717, 1.165) is 154 Å². The molecule has 0 amide bonds. The summed E-state index contributed by atoms with van der Waals surface area (Å²) in [6, 6.07) is 0. The quantitative estimate of drug-likeness (QED) is 0.0261. The van der Waals surface area contributed by atoms with E-state index < -0.39 is 6.10 Å². The predicted octanol–water partition coefficient (Wildman–Crippen LogP) is 22.9. The van der Waals surface area contributed by atoms with Crippen LogP contribution >= 0.6 is 0 Å². The number of hydrogen-bond donors (Lipinski definition) is 0. The van der Waals surface area contributed by atoms with Crippen LogP contribution in [0.5, 0.6) is 0 Å². The molecule has 0 aliphatic heterocycles. The van der Waals surface area contributed by atoms with Crippen molar-refractivity contribution in [3.63, 3.8) is 0 Å². The predicted molar refractivity (Wildman–Crippen MR) is 352 cm³/mol. The van der Waals surface area contributed by atoms with Crippen molar-refractivity contribution in [3.8, 4) is 0 Å². The lowest BCUT2D eigenvalue weighted by Gasteiger charge is -2.18. The average molecular weight is 1120 g/mol. The van der Waals surface area contributed by atoms with E-state index in [1.807, 2.05) is 0 Å². The fourth-order valence-electron chi connectivity index (χ4n) is 8.55. The van der Waals surface area contributed by atoms with Crippen LogP contribution in [0.2, 0.25) is 0 Å². The van der Waals surface area contributed by atoms with E-state index in [1.165, 1.54) is 77.0 Å². The summed E-state index contributed by atoms with van der Waals surface area (Å²) in [6.45, 7) is 6.44. The highest BCUT2D eigenvalue weighted by Gasteiger charge is 2.19. The van der Waals surface area contributed by atoms with Gasteiger partial charge in [0.2, 0.25) is 0 Å². The molecule has 0 aliphatic rings. The van der Waals surface area contributed by atoms with Crippen LogP contribution in [0.3, 0.4) is 0 Å². The van der Waals surface area contributed by atoms with Crippen molar-refractivity contribution in [2.24, 2.45) is 0 Å². The number of esters is 3. The van der Waals surface area contributed by atoms with E-state index in [4.69, 9.17) is 14.2 Å². The van der Waals surface area contributed by atoms with Crippen molar-refractivity contribution in [2.45, 2.75) is 284 Å². The SMILES string of the molecule is CC/C=C\C/C=C\C/C=C\C/C=C\C/C=C\C/C=C\C/C=C\C/C=C\C/C=C\C/C=C\CCCCC(=O)OCC(COC(=O)CCCCCCC/C=C\CCCCCCCC)OC(=O)CCCCCCC/C=C\C/C=C\CCCCC. The third-order valence-electron chi connectivity index (χ3n) is 13.5. The molecule has 0 aliphatic carbocycles. The molecule has 1 unspecified atom stereocenters. The molecule has 6 heteroatoms. The Bertz CT molecular complexity index is 1810. The molecule has 0 bridgehead atoms. The molecule has 0 fully saturated rings. The Kier molecular flexibility index (Phi) is 63.4. The van der Waals surface area contributed by atoms with Gasteiger partial charge in [0.1, 0.15) is 13.2 Å². The highest BCUT2D eigenvalue weighted by atomic mass is 16.6. The Hall–Kier alpha value is -4.97. The van der Waals surface area contributed by atoms with Crippen LogP contribution in [0.1, 0.15) is 278 Å². The molecule has 0 aromatic rings. The topological polar surface area (TPSA) is 78.9 Å². The number of rotatable bonds is 58. The Balaban J connectivity index is 4.42. The monoisotopic (exact) mass is 1120 g/mol. The Morgan fingerprint density at radius 1 is 0.259 bits per heavy atom. The van der Waals surface area contributed by atoms with E-state index in [2.05, 4.69) is 179 Å². The number of unbranched alkanes of at least 4 members (excludes halogenated alkanes) is 21. The first-order valence-corrected chi connectivity index (χ1v) is 33.0. The molecule has 456 valence electrons. The molecule has 0 N–H and O–H groups in total. The van der Waals surface area contributed by atoms with Crippen LogP contribution in [0.15, 0.2) is 158 Å². The normalized spacial score (nSPS) is 13.2. The molecule has 0 saturated carbocycles. The van der Waals surface area contributed by atoms with Crippen molar-refractivity contribution in [3.05, 3.63) is 158 Å². The van der Waals surface area contributed by atoms with Gasteiger partial charge in [0.05, 0.1) is 0 Å². The van der Waals surface area contributed by atoms with Gasteiger partial charge < -0.3 is 14.2 Å². The zero-order valence-corrected chi connectivity index (χ0v) is 52.2. The number of carbonyl (C=O) groups is 3. The standard InChI is InChI=1S/C75H120O6/c1-4-7-10-13-16-19-22-25-28-29-30-31-32-33-34-35-36-37-38-39-40-41-42-43-44-45-48-50-53-56-59-62-65-68-74(77)80-71-72(81-75(78)69-66-63-60-57-54-51-47-27-24-21-18-15-12-9-6-3)70-79-73(76)67-64-61-58-55-52-49-46-26-23-20-17-14-11-8-5-2/h7,10,16,18-19,21,25-28,30-31,33-34,36-37,39-40,42-43,45-48,53,56,72H,4-6,8-9,11-15,17,20,22-24,29,32,35,38,41,44,49-52,54-55,57-71H2,1-3H3/b10-7-,19-16-,21-18-,28-25-,31-30-,34-33-,37-36-,40-39-,43-42-,46-26-,47-27-,48-45-,56-53-. The Morgan fingerprint density at radius 3 is 0.815 bits per heavy atom. The Morgan fingerprint density at radius 2 is 0.481 bits per heavy atom. The van der Waals surface area contributed by atoms with Gasteiger partial charge in [-0.05, 0) is 154 Å². The minimum atomic E-state index is -0.814. The summed E-state index contributed by atoms with van der Waals surface area (Å²) >= 11 is 0. The van der Waals surface area contributed by atoms with E-state index in [9.17, 15) is 14.4 Å². The highest BCUT2D eigenvalue weighted by Crippen LogP contribution is 2.14. The molecule has 81 heavy (non-hydrogen) atoms. The number of carbonyl (C=O) groups excluding carboxylic acids is 3. The van der Waals surface area contributed by atoms with Gasteiger partial charge in [0.25, 0.3) is 0 Å². The van der Waals surface area contributed by atoms with Gasteiger partial charge in [-0.15, -0.1) is 0 Å². The van der Waals surface area contributed by atoms with E-state index in [0.29, 0.717) is 25.7 Å². The highest BCUT2D eigenvalue weighted by molar-refractivity contribution is 5.71. The smallest absolute Gasteiger partial charge is 0.306 e. The Labute approximate surface area is 499 Å². The van der Waals surface area contributed by atoms with Gasteiger partial charge in [-0.2, -0.15) is 0 Å². The maximum Gasteiger partial charge on any atom is 0.306 e. The molecule has 0 heterocycles. The maximum atomic E-state index is 12.9. The van der Waals surface area contributed by atoms with Gasteiger partial charge >= 0.3 is 17.9 Å². The third-order valence-corrected chi connectivity index (χ3v) is 13.5. The van der Waals surface area contributed by atoms with Crippen LogP contribution in [0.4, 0.5) is 0 Å². The number of hydrogen-bond acceptors (Lipinski definition) is 6. The lowest BCUT2D eigenvalue weighted by atomic mass is 10.1. The summed E-state index contributed by atoms with van der Waals surface area (Å²) in [6.07, 6.45) is 98.2. The lowest BCUT2D eigenvalue weighted by Crippen LogP contribution is -2.30. The zero-order valence-electron chi connectivity index (χ0n) is 52.2. The first-order valence-electron chi connectivity index (χ1n) is 33.0. The molecule has 0 aromatic heterocycles. The minimum Gasteiger partial charge on any atom is -0.462 e. The average Bonchev–Trinajstić information content (AvgIpc) is 3.47. The summed E-state index contributed by atoms with van der Waals surface area (Å²) in [5.74, 6) is -0.976. The summed E-state index contributed by atoms with van der Waals surface area (Å²) in [5.41, 5.74) is 0. The lowest BCUT2D eigenvalue weighted by molar-refractivity contribution is -0.167. The van der Waals surface area contributed by atoms with Crippen LogP contribution in [0, 0.1) is 0 Å². The van der Waals surface area contributed by atoms with Gasteiger partial charge in [0.15, 0.2) is 6.10 Å². The van der Waals surface area contributed by atoms with Crippen LogP contribution < -0.4 is 0 Å². The fraction of sp³-hybridized carbons (Fsp3) is 0.613. The number of ether oxygens (including phenoxy) is 3. The molecule has 0 rings (SSSR count). The van der Waals surface area contributed by atoms with Crippen molar-refractivity contribution < 1.29 is 28.6 Å². The van der Waals surface area contributed by atoms with E-state index in [1.54, 1.807) is 0 Å². The van der Waals surface area contributed by atoms with Crippen LogP contribution in [-0.2, 0) is 28.6 Å². The first-order chi connectivity index (χ1) is 40.0. The third kappa shape index (κ3) is 65.7. The number of allylic oxidation sites excluding steroid dienone is 26. The van der Waals surface area contributed by atoms with Crippen molar-refractivity contribution in [1.29, 1.82) is 0 Å². The molecule has 0 radical (unpaired) electrons. The van der Waals surface area contributed by atoms with E-state index >= 15 is 0 Å². The van der Waals surface area contributed by atoms with Gasteiger partial charge in [0, 0.05) is 19.3 Å². The molecule has 0 saturated heterocycles. The summed E-state index contributed by atoms with van der Waals surface area (Å²) < 4.78 is 16.9. The van der Waals surface area contributed by atoms with Crippen LogP contribution in [-0.4, -0.2) is 37.2 Å². The molecule has 0 aromatic carbocycles. The second kappa shape index (κ2) is 67.5. The second-order valence-electron chi connectivity index (χ2n) is 21.3. The molecule has 1 atom stereocenters. The summed E-state index contributed by atoms with van der Waals surface area (Å²) in [7, 11) is 0. The van der Waals surface area contributed by atoms with Crippen LogP contribution in [0.25, 0.3) is 0 Å². The largest absolute Gasteiger partial charge is 0.462 e. The van der Waals surface area contributed by atoms with Crippen molar-refractivity contribution >= 4 is 17.9 Å². The molecular formula is C75H120O6. The first kappa shape index (κ1) is 76.0. The zero-order chi connectivity index (χ0) is 58.5. The summed E-state index contributed by atoms with van der Waals surface area (Å²) in [5, 5.41) is 0. The van der Waals surface area contributed by atoms with Crippen molar-refractivity contribution in [2.75, 3.05) is 13.2 Å². The fourth-order valence-corrected chi connectivity index (χ4v) is 8.55. The van der Waals surface area contributed by atoms with Gasteiger partial charge in [-0.1, -0.05) is 262 Å². The summed E-state index contributed by atoms with van der Waals surface area (Å²) in [4.78, 5) is 38.3.